The van der Waals surface area contributed by atoms with E-state index in [0.717, 1.165) is 29.8 Å². The van der Waals surface area contributed by atoms with Crippen molar-refractivity contribution in [1.82, 2.24) is 0 Å². The van der Waals surface area contributed by atoms with Gasteiger partial charge in [0.15, 0.2) is 0 Å². The zero-order valence-corrected chi connectivity index (χ0v) is 11.3. The summed E-state index contributed by atoms with van der Waals surface area (Å²) < 4.78 is 0. The van der Waals surface area contributed by atoms with Crippen molar-refractivity contribution in [2.45, 2.75) is 45.6 Å². The number of nitrogens with two attached hydrogens (primary N) is 1. The Morgan fingerprint density at radius 1 is 1.39 bits per heavy atom. The van der Waals surface area contributed by atoms with Crippen LogP contribution in [0.5, 0.6) is 0 Å². The highest BCUT2D eigenvalue weighted by atomic mass is 16.1. The Morgan fingerprint density at radius 3 is 2.78 bits per heavy atom. The van der Waals surface area contributed by atoms with E-state index in [1.54, 1.807) is 0 Å². The molecule has 0 aliphatic carbocycles. The zero-order chi connectivity index (χ0) is 13.3. The monoisotopic (exact) mass is 247 g/mol. The predicted octanol–water partition coefficient (Wildman–Crippen LogP) is 2.75. The van der Waals surface area contributed by atoms with Crippen molar-refractivity contribution >= 4 is 23.0 Å². The van der Waals surface area contributed by atoms with Gasteiger partial charge in [0, 0.05) is 17.6 Å². The van der Waals surface area contributed by atoms with E-state index in [9.17, 15) is 4.79 Å². The highest BCUT2D eigenvalue weighted by Crippen LogP contribution is 2.32. The van der Waals surface area contributed by atoms with E-state index in [2.05, 4.69) is 37.5 Å². The lowest BCUT2D eigenvalue weighted by atomic mass is 9.98. The fourth-order valence-corrected chi connectivity index (χ4v) is 2.01. The van der Waals surface area contributed by atoms with Gasteiger partial charge in [0.05, 0.1) is 11.4 Å². The first-order chi connectivity index (χ1) is 8.41. The largest absolute Gasteiger partial charge is 0.397 e. The van der Waals surface area contributed by atoms with Crippen LogP contribution in [0, 0.1) is 0 Å². The first-order valence-corrected chi connectivity index (χ1v) is 6.42. The average molecular weight is 247 g/mol. The third kappa shape index (κ3) is 2.58. The Hall–Kier alpha value is -1.71. The normalized spacial score (nSPS) is 14.9. The number of rotatable bonds is 3. The lowest BCUT2D eigenvalue weighted by Crippen LogP contribution is -2.30. The van der Waals surface area contributed by atoms with Gasteiger partial charge in [-0.25, -0.2) is 0 Å². The summed E-state index contributed by atoms with van der Waals surface area (Å²) in [5, 5.41) is 6.32. The Kier molecular flexibility index (Phi) is 3.20. The molecular weight excluding hydrogens is 226 g/mol. The molecule has 4 heteroatoms. The molecule has 0 spiro atoms. The fourth-order valence-electron chi connectivity index (χ4n) is 2.01. The maximum atomic E-state index is 11.3. The number of aryl methyl sites for hydroxylation is 1. The van der Waals surface area contributed by atoms with Gasteiger partial charge >= 0.3 is 0 Å². The van der Waals surface area contributed by atoms with Gasteiger partial charge in [-0.15, -0.1) is 0 Å². The summed E-state index contributed by atoms with van der Waals surface area (Å²) in [6.45, 7) is 6.43. The summed E-state index contributed by atoms with van der Waals surface area (Å²) >= 11 is 0. The van der Waals surface area contributed by atoms with Crippen LogP contribution in [-0.2, 0) is 11.2 Å². The fraction of sp³-hybridized carbons (Fsp3) is 0.500. The summed E-state index contributed by atoms with van der Waals surface area (Å²) in [6, 6.07) is 3.90. The van der Waals surface area contributed by atoms with E-state index < -0.39 is 0 Å². The minimum absolute atomic E-state index is 0.0142. The Bertz CT molecular complexity index is 480. The summed E-state index contributed by atoms with van der Waals surface area (Å²) in [4.78, 5) is 11.3. The topological polar surface area (TPSA) is 67.2 Å². The molecule has 1 aliphatic heterocycles. The van der Waals surface area contributed by atoms with Gasteiger partial charge in [0.2, 0.25) is 5.91 Å². The van der Waals surface area contributed by atoms with Crippen LogP contribution in [0.2, 0.25) is 0 Å². The highest BCUT2D eigenvalue weighted by molar-refractivity contribution is 5.95. The molecule has 1 aromatic carbocycles. The molecule has 0 bridgehead atoms. The van der Waals surface area contributed by atoms with Gasteiger partial charge < -0.3 is 16.4 Å². The van der Waals surface area contributed by atoms with Crippen LogP contribution in [0.3, 0.4) is 0 Å². The molecule has 0 atom stereocenters. The number of hydrogen-bond acceptors (Lipinski definition) is 3. The molecule has 4 N–H and O–H groups in total. The van der Waals surface area contributed by atoms with Crippen molar-refractivity contribution in [2.75, 3.05) is 16.4 Å². The van der Waals surface area contributed by atoms with Crippen LogP contribution in [0.4, 0.5) is 17.1 Å². The van der Waals surface area contributed by atoms with Gasteiger partial charge in [-0.3, -0.25) is 4.79 Å². The van der Waals surface area contributed by atoms with Crippen LogP contribution in [0.25, 0.3) is 0 Å². The van der Waals surface area contributed by atoms with Gasteiger partial charge in [-0.1, -0.05) is 6.92 Å². The third-order valence-corrected chi connectivity index (χ3v) is 3.53. The molecule has 0 saturated heterocycles. The average Bonchev–Trinajstić information content (AvgIpc) is 2.30. The maximum absolute atomic E-state index is 11.3. The van der Waals surface area contributed by atoms with Gasteiger partial charge in [-0.05, 0) is 44.4 Å². The molecule has 1 amide bonds. The SMILES string of the molecule is CCC(C)(C)Nc1cc2c(cc1N)NC(=O)CC2. The Labute approximate surface area is 108 Å². The molecule has 1 aromatic rings. The van der Waals surface area contributed by atoms with Gasteiger partial charge in [0.1, 0.15) is 0 Å². The second kappa shape index (κ2) is 4.52. The van der Waals surface area contributed by atoms with Crippen molar-refractivity contribution in [2.24, 2.45) is 0 Å². The molecule has 2 rings (SSSR count). The van der Waals surface area contributed by atoms with E-state index >= 15 is 0 Å². The number of carbonyl (C=O) groups is 1. The van der Waals surface area contributed by atoms with Crippen LogP contribution >= 0.6 is 0 Å². The summed E-state index contributed by atoms with van der Waals surface area (Å²) in [5.74, 6) is 0.0662. The Balaban J connectivity index is 2.31. The van der Waals surface area contributed by atoms with E-state index in [1.165, 1.54) is 0 Å². The number of nitrogens with one attached hydrogen (secondary N) is 2. The lowest BCUT2D eigenvalue weighted by molar-refractivity contribution is -0.116. The van der Waals surface area contributed by atoms with E-state index in [1.807, 2.05) is 6.07 Å². The minimum Gasteiger partial charge on any atom is -0.397 e. The zero-order valence-electron chi connectivity index (χ0n) is 11.3. The number of carbonyl (C=O) groups excluding carboxylic acids is 1. The molecule has 4 nitrogen and oxygen atoms in total. The Morgan fingerprint density at radius 2 is 2.11 bits per heavy atom. The van der Waals surface area contributed by atoms with Crippen molar-refractivity contribution in [3.63, 3.8) is 0 Å². The molecule has 0 unspecified atom stereocenters. The van der Waals surface area contributed by atoms with Crippen molar-refractivity contribution in [1.29, 1.82) is 0 Å². The molecule has 0 radical (unpaired) electrons. The third-order valence-electron chi connectivity index (χ3n) is 3.53. The van der Waals surface area contributed by atoms with E-state index in [-0.39, 0.29) is 11.4 Å². The molecule has 1 heterocycles. The number of amides is 1. The lowest BCUT2D eigenvalue weighted by Gasteiger charge is -2.28. The quantitative estimate of drug-likeness (QED) is 0.719. The van der Waals surface area contributed by atoms with Crippen molar-refractivity contribution < 1.29 is 4.79 Å². The van der Waals surface area contributed by atoms with Crippen LogP contribution in [0.1, 0.15) is 39.2 Å². The van der Waals surface area contributed by atoms with Crippen LogP contribution in [0.15, 0.2) is 12.1 Å². The van der Waals surface area contributed by atoms with Crippen molar-refractivity contribution in [3.05, 3.63) is 17.7 Å². The second-order valence-electron chi connectivity index (χ2n) is 5.51. The summed E-state index contributed by atoms with van der Waals surface area (Å²) in [6.07, 6.45) is 2.34. The first-order valence-electron chi connectivity index (χ1n) is 6.42. The minimum atomic E-state index is 0.0142. The maximum Gasteiger partial charge on any atom is 0.224 e. The first kappa shape index (κ1) is 12.7. The standard InChI is InChI=1S/C14H21N3O/c1-4-14(2,3)17-12-7-9-5-6-13(18)16-11(9)8-10(12)15/h7-8,17H,4-6,15H2,1-3H3,(H,16,18). The summed E-state index contributed by atoms with van der Waals surface area (Å²) in [7, 11) is 0. The van der Waals surface area contributed by atoms with E-state index in [4.69, 9.17) is 5.73 Å². The molecule has 98 valence electrons. The van der Waals surface area contributed by atoms with Crippen LogP contribution < -0.4 is 16.4 Å². The highest BCUT2D eigenvalue weighted by Gasteiger charge is 2.20. The predicted molar refractivity (Wildman–Crippen MR) is 75.8 cm³/mol. The molecule has 0 aromatic heterocycles. The van der Waals surface area contributed by atoms with Gasteiger partial charge in [0.25, 0.3) is 0 Å². The van der Waals surface area contributed by atoms with Crippen molar-refractivity contribution in [3.8, 4) is 0 Å². The number of hydrogen-bond donors (Lipinski definition) is 3. The second-order valence-corrected chi connectivity index (χ2v) is 5.51. The number of nitrogen functional groups attached to an aromatic ring is 1. The van der Waals surface area contributed by atoms with E-state index in [0.29, 0.717) is 12.1 Å². The number of fused-ring (bicyclic) bond motifs is 1. The van der Waals surface area contributed by atoms with Crippen LogP contribution in [-0.4, -0.2) is 11.4 Å². The number of benzene rings is 1. The molecular formula is C14H21N3O. The molecule has 0 fully saturated rings. The number of anilines is 3. The van der Waals surface area contributed by atoms with Gasteiger partial charge in [-0.2, -0.15) is 0 Å². The smallest absolute Gasteiger partial charge is 0.224 e. The molecule has 1 aliphatic rings. The molecule has 0 saturated carbocycles. The summed E-state index contributed by atoms with van der Waals surface area (Å²) in [5.41, 5.74) is 9.69. The molecule has 18 heavy (non-hydrogen) atoms.